The third-order valence-corrected chi connectivity index (χ3v) is 2.91. The number of fused-ring (bicyclic) bond motifs is 1. The topological polar surface area (TPSA) is 59.6 Å². The summed E-state index contributed by atoms with van der Waals surface area (Å²) in [5.74, 6) is 1.33. The van der Waals surface area contributed by atoms with Crippen LogP contribution < -0.4 is 20.1 Å². The molecule has 1 heterocycles. The van der Waals surface area contributed by atoms with Crippen LogP contribution in [0.3, 0.4) is 0 Å². The number of carbonyl (C=O) groups is 1. The van der Waals surface area contributed by atoms with Crippen molar-refractivity contribution in [3.05, 3.63) is 48.0 Å². The summed E-state index contributed by atoms with van der Waals surface area (Å²) in [6.45, 7) is 2.19. The average molecular weight is 270 g/mol. The van der Waals surface area contributed by atoms with Gasteiger partial charge in [0, 0.05) is 17.4 Å². The Morgan fingerprint density at radius 1 is 1.00 bits per heavy atom. The number of hydrogen-bond donors (Lipinski definition) is 2. The first-order valence-electron chi connectivity index (χ1n) is 6.25. The average Bonchev–Trinajstić information content (AvgIpc) is 2.86. The summed E-state index contributed by atoms with van der Waals surface area (Å²) in [5.41, 5.74) is 2.49. The maximum absolute atomic E-state index is 11.9. The molecule has 0 bridgehead atoms. The molecular formula is C15H14N2O3. The van der Waals surface area contributed by atoms with Crippen LogP contribution in [0, 0.1) is 6.92 Å². The number of rotatable bonds is 2. The van der Waals surface area contributed by atoms with Crippen molar-refractivity contribution in [3.8, 4) is 11.5 Å². The van der Waals surface area contributed by atoms with E-state index in [1.807, 2.05) is 31.2 Å². The van der Waals surface area contributed by atoms with E-state index in [1.54, 1.807) is 18.2 Å². The SMILES string of the molecule is Cc1cccc(NC(=O)Nc2ccc3c(c2)OCO3)c1. The van der Waals surface area contributed by atoms with Crippen molar-refractivity contribution in [2.24, 2.45) is 0 Å². The Kier molecular flexibility index (Phi) is 3.16. The van der Waals surface area contributed by atoms with Gasteiger partial charge in [0.1, 0.15) is 0 Å². The van der Waals surface area contributed by atoms with Gasteiger partial charge in [-0.3, -0.25) is 0 Å². The predicted octanol–water partition coefficient (Wildman–Crippen LogP) is 3.37. The van der Waals surface area contributed by atoms with Gasteiger partial charge in [0.2, 0.25) is 6.79 Å². The number of urea groups is 1. The lowest BCUT2D eigenvalue weighted by molar-refractivity contribution is 0.174. The molecule has 0 saturated heterocycles. The molecule has 20 heavy (non-hydrogen) atoms. The third-order valence-electron chi connectivity index (χ3n) is 2.91. The lowest BCUT2D eigenvalue weighted by Gasteiger charge is -2.08. The Balaban J connectivity index is 1.67. The fraction of sp³-hybridized carbons (Fsp3) is 0.133. The second-order valence-corrected chi connectivity index (χ2v) is 4.52. The van der Waals surface area contributed by atoms with Crippen LogP contribution in [0.1, 0.15) is 5.56 Å². The summed E-state index contributed by atoms with van der Waals surface area (Å²) in [6.07, 6.45) is 0. The van der Waals surface area contributed by atoms with E-state index in [-0.39, 0.29) is 12.8 Å². The zero-order chi connectivity index (χ0) is 13.9. The predicted molar refractivity (Wildman–Crippen MR) is 76.4 cm³/mol. The molecule has 0 spiro atoms. The number of nitrogens with one attached hydrogen (secondary N) is 2. The molecular weight excluding hydrogens is 256 g/mol. The highest BCUT2D eigenvalue weighted by molar-refractivity contribution is 5.99. The van der Waals surface area contributed by atoms with Gasteiger partial charge in [-0.2, -0.15) is 0 Å². The van der Waals surface area contributed by atoms with Crippen molar-refractivity contribution in [3.63, 3.8) is 0 Å². The summed E-state index contributed by atoms with van der Waals surface area (Å²) >= 11 is 0. The van der Waals surface area contributed by atoms with Crippen LogP contribution in [-0.4, -0.2) is 12.8 Å². The molecule has 0 fully saturated rings. The van der Waals surface area contributed by atoms with Gasteiger partial charge in [-0.1, -0.05) is 12.1 Å². The van der Waals surface area contributed by atoms with Crippen LogP contribution in [0.4, 0.5) is 16.2 Å². The number of ether oxygens (including phenoxy) is 2. The van der Waals surface area contributed by atoms with Crippen molar-refractivity contribution in [1.29, 1.82) is 0 Å². The molecule has 0 aromatic heterocycles. The van der Waals surface area contributed by atoms with Crippen molar-refractivity contribution in [2.75, 3.05) is 17.4 Å². The normalized spacial score (nSPS) is 12.1. The van der Waals surface area contributed by atoms with Gasteiger partial charge in [0.05, 0.1) is 0 Å². The van der Waals surface area contributed by atoms with Crippen LogP contribution in [-0.2, 0) is 0 Å². The van der Waals surface area contributed by atoms with Crippen LogP contribution in [0.25, 0.3) is 0 Å². The summed E-state index contributed by atoms with van der Waals surface area (Å²) < 4.78 is 10.5. The first-order valence-corrected chi connectivity index (χ1v) is 6.25. The molecule has 2 N–H and O–H groups in total. The van der Waals surface area contributed by atoms with E-state index in [0.29, 0.717) is 17.2 Å². The molecule has 0 aliphatic carbocycles. The zero-order valence-corrected chi connectivity index (χ0v) is 11.0. The van der Waals surface area contributed by atoms with Gasteiger partial charge in [-0.05, 0) is 36.8 Å². The standard InChI is InChI=1S/C15H14N2O3/c1-10-3-2-4-11(7-10)16-15(18)17-12-5-6-13-14(8-12)20-9-19-13/h2-8H,9H2,1H3,(H2,16,17,18). The van der Waals surface area contributed by atoms with Crippen molar-refractivity contribution in [2.45, 2.75) is 6.92 Å². The monoisotopic (exact) mass is 270 g/mol. The Hall–Kier alpha value is -2.69. The summed E-state index contributed by atoms with van der Waals surface area (Å²) in [4.78, 5) is 11.9. The molecule has 2 aromatic carbocycles. The first kappa shape index (κ1) is 12.3. The summed E-state index contributed by atoms with van der Waals surface area (Å²) in [5, 5.41) is 5.53. The largest absolute Gasteiger partial charge is 0.454 e. The Morgan fingerprint density at radius 3 is 2.55 bits per heavy atom. The summed E-state index contributed by atoms with van der Waals surface area (Å²) in [7, 11) is 0. The number of benzene rings is 2. The van der Waals surface area contributed by atoms with E-state index in [2.05, 4.69) is 10.6 Å². The van der Waals surface area contributed by atoms with Gasteiger partial charge >= 0.3 is 6.03 Å². The van der Waals surface area contributed by atoms with E-state index >= 15 is 0 Å². The number of hydrogen-bond acceptors (Lipinski definition) is 3. The number of anilines is 2. The summed E-state index contributed by atoms with van der Waals surface area (Å²) in [6, 6.07) is 12.6. The fourth-order valence-electron chi connectivity index (χ4n) is 1.99. The molecule has 3 rings (SSSR count). The van der Waals surface area contributed by atoms with Gasteiger partial charge in [-0.15, -0.1) is 0 Å². The van der Waals surface area contributed by atoms with Gasteiger partial charge in [0.15, 0.2) is 11.5 Å². The second-order valence-electron chi connectivity index (χ2n) is 4.52. The van der Waals surface area contributed by atoms with Crippen LogP contribution in [0.2, 0.25) is 0 Å². The number of carbonyl (C=O) groups excluding carboxylic acids is 1. The molecule has 0 atom stereocenters. The molecule has 2 aromatic rings. The highest BCUT2D eigenvalue weighted by Gasteiger charge is 2.14. The Morgan fingerprint density at radius 2 is 1.75 bits per heavy atom. The lowest BCUT2D eigenvalue weighted by atomic mass is 10.2. The molecule has 1 aliphatic rings. The minimum Gasteiger partial charge on any atom is -0.454 e. The maximum Gasteiger partial charge on any atom is 0.323 e. The molecule has 2 amide bonds. The quantitative estimate of drug-likeness (QED) is 0.879. The zero-order valence-electron chi connectivity index (χ0n) is 11.0. The highest BCUT2D eigenvalue weighted by atomic mass is 16.7. The Labute approximate surface area is 116 Å². The van der Waals surface area contributed by atoms with Crippen molar-refractivity contribution >= 4 is 17.4 Å². The molecule has 1 aliphatic heterocycles. The maximum atomic E-state index is 11.9. The molecule has 0 unspecified atom stereocenters. The number of amides is 2. The lowest BCUT2D eigenvalue weighted by Crippen LogP contribution is -2.19. The molecule has 102 valence electrons. The molecule has 5 nitrogen and oxygen atoms in total. The second kappa shape index (κ2) is 5.13. The van der Waals surface area contributed by atoms with Gasteiger partial charge < -0.3 is 20.1 Å². The smallest absolute Gasteiger partial charge is 0.323 e. The minimum atomic E-state index is -0.297. The van der Waals surface area contributed by atoms with E-state index in [1.165, 1.54) is 0 Å². The van der Waals surface area contributed by atoms with E-state index < -0.39 is 0 Å². The highest BCUT2D eigenvalue weighted by Crippen LogP contribution is 2.34. The van der Waals surface area contributed by atoms with Gasteiger partial charge in [0.25, 0.3) is 0 Å². The number of aryl methyl sites for hydroxylation is 1. The van der Waals surface area contributed by atoms with Crippen molar-refractivity contribution in [1.82, 2.24) is 0 Å². The van der Waals surface area contributed by atoms with Crippen LogP contribution in [0.15, 0.2) is 42.5 Å². The first-order chi connectivity index (χ1) is 9.70. The fourth-order valence-corrected chi connectivity index (χ4v) is 1.99. The minimum absolute atomic E-state index is 0.217. The molecule has 0 radical (unpaired) electrons. The Bertz CT molecular complexity index is 655. The molecule has 0 saturated carbocycles. The van der Waals surface area contributed by atoms with Crippen LogP contribution >= 0.6 is 0 Å². The van der Waals surface area contributed by atoms with E-state index in [4.69, 9.17) is 9.47 Å². The molecule has 5 heteroatoms. The van der Waals surface area contributed by atoms with Crippen LogP contribution in [0.5, 0.6) is 11.5 Å². The third kappa shape index (κ3) is 2.66. The van der Waals surface area contributed by atoms with E-state index in [0.717, 1.165) is 11.3 Å². The van der Waals surface area contributed by atoms with E-state index in [9.17, 15) is 4.79 Å². The van der Waals surface area contributed by atoms with Gasteiger partial charge in [-0.25, -0.2) is 4.79 Å². The van der Waals surface area contributed by atoms with Crippen molar-refractivity contribution < 1.29 is 14.3 Å².